The molecule has 53 heavy (non-hydrogen) atoms. The Morgan fingerprint density at radius 3 is 2.34 bits per heavy atom. The van der Waals surface area contributed by atoms with E-state index in [1.807, 2.05) is 95.4 Å². The fraction of sp³-hybridized carbons (Fsp3) is 0.250. The Hall–Kier alpha value is -4.41. The quantitative estimate of drug-likeness (QED) is 0.0982. The second-order valence-corrected chi connectivity index (χ2v) is 20.7. The van der Waals surface area contributed by atoms with Crippen molar-refractivity contribution in [2.45, 2.75) is 73.4 Å². The maximum atomic E-state index is 8.72. The number of furan rings is 1. The number of rotatable bonds is 5. The van der Waals surface area contributed by atoms with Crippen LogP contribution in [0, 0.1) is 24.4 Å². The molecular formula is C48H48IrN2OSi-2. The van der Waals surface area contributed by atoms with Crippen LogP contribution in [0.5, 0.6) is 0 Å². The summed E-state index contributed by atoms with van der Waals surface area (Å²) >= 11 is 0. The molecule has 0 saturated heterocycles. The minimum atomic E-state index is -2.37. The smallest absolute Gasteiger partial charge is 0.121 e. The van der Waals surface area contributed by atoms with Crippen molar-refractivity contribution in [3.63, 3.8) is 0 Å². The van der Waals surface area contributed by atoms with E-state index in [1.54, 1.807) is 18.3 Å². The largest absolute Gasteiger partial charge is 0.501 e. The molecule has 0 aliphatic carbocycles. The molecule has 8 aromatic rings. The zero-order chi connectivity index (χ0) is 42.0. The van der Waals surface area contributed by atoms with Crippen LogP contribution < -0.4 is 5.19 Å². The summed E-state index contributed by atoms with van der Waals surface area (Å²) in [4.78, 5) is 9.12. The number of pyridine rings is 2. The number of benzene rings is 5. The predicted octanol–water partition coefficient (Wildman–Crippen LogP) is 12.9. The molecule has 0 bridgehead atoms. The molecule has 271 valence electrons. The monoisotopic (exact) mass is 895 g/mol. The van der Waals surface area contributed by atoms with Gasteiger partial charge in [-0.15, -0.1) is 53.6 Å². The standard InChI is InChI=1S/C31H26NO.C17H22NSi.Ir/c1-19-9-12-24(27-15-20(13-14-32-27)18-31(2,3)4)30-29(19)26-16-22-11-10-21-7-5-6-8-23(21)25(22)17-28(26)33-30;1-13(2)15-11-16(14-9-7-6-8-10-14)18-12-17(15)19(3,4)5;/h5-11,13-17H,18H2,1-4H3;6-9,11-13H,1-5H3;/q2*-1;/i1D3,18D2;13D;. The van der Waals surface area contributed by atoms with Crippen LogP contribution in [0.4, 0.5) is 0 Å². The van der Waals surface area contributed by atoms with E-state index < -0.39 is 32.6 Å². The summed E-state index contributed by atoms with van der Waals surface area (Å²) in [6.07, 6.45) is 1.94. The Bertz CT molecular complexity index is 2820. The molecule has 0 aliphatic rings. The van der Waals surface area contributed by atoms with Gasteiger partial charge in [0.1, 0.15) is 5.58 Å². The minimum absolute atomic E-state index is 0. The topological polar surface area (TPSA) is 38.9 Å². The number of aromatic nitrogens is 2. The van der Waals surface area contributed by atoms with Gasteiger partial charge in [-0.25, -0.2) is 0 Å². The first-order valence-electron chi connectivity index (χ1n) is 20.7. The van der Waals surface area contributed by atoms with Gasteiger partial charge in [-0.3, -0.25) is 0 Å². The number of nitrogens with zero attached hydrogens (tertiary/aromatic N) is 2. The maximum Gasteiger partial charge on any atom is 0.121 e. The normalized spacial score (nSPS) is 14.3. The zero-order valence-corrected chi connectivity index (χ0v) is 34.9. The average molecular weight is 895 g/mol. The minimum Gasteiger partial charge on any atom is -0.501 e. The second kappa shape index (κ2) is 15.1. The molecule has 3 heterocycles. The summed E-state index contributed by atoms with van der Waals surface area (Å²) in [5, 5.41) is 6.71. The maximum absolute atomic E-state index is 8.72. The van der Waals surface area contributed by atoms with Crippen LogP contribution in [0.3, 0.4) is 0 Å². The van der Waals surface area contributed by atoms with Crippen molar-refractivity contribution in [1.29, 1.82) is 0 Å². The summed E-state index contributed by atoms with van der Waals surface area (Å²) in [7, 11) is -1.50. The summed E-state index contributed by atoms with van der Waals surface area (Å²) in [6.45, 7) is 14.0. The van der Waals surface area contributed by atoms with Crippen LogP contribution in [0.15, 0.2) is 114 Å². The van der Waals surface area contributed by atoms with Crippen LogP contribution >= 0.6 is 0 Å². The number of hydrogen-bond donors (Lipinski definition) is 0. The third-order valence-corrected chi connectivity index (χ3v) is 11.2. The molecule has 5 aromatic carbocycles. The Morgan fingerprint density at radius 2 is 1.62 bits per heavy atom. The molecule has 0 saturated carbocycles. The van der Waals surface area contributed by atoms with E-state index in [4.69, 9.17) is 12.6 Å². The Labute approximate surface area is 337 Å². The van der Waals surface area contributed by atoms with Crippen molar-refractivity contribution in [1.82, 2.24) is 9.97 Å². The van der Waals surface area contributed by atoms with E-state index in [9.17, 15) is 0 Å². The fourth-order valence-electron chi connectivity index (χ4n) is 6.76. The Balaban J connectivity index is 0.000000236. The third kappa shape index (κ3) is 8.09. The van der Waals surface area contributed by atoms with Crippen molar-refractivity contribution in [3.8, 4) is 22.5 Å². The molecule has 0 spiro atoms. The first-order chi connectivity index (χ1) is 27.1. The molecule has 0 atom stereocenters. The summed E-state index contributed by atoms with van der Waals surface area (Å²) < 4.78 is 56.9. The molecule has 3 nitrogen and oxygen atoms in total. The van der Waals surface area contributed by atoms with Crippen molar-refractivity contribution in [2.24, 2.45) is 5.41 Å². The van der Waals surface area contributed by atoms with Gasteiger partial charge in [-0.1, -0.05) is 132 Å². The van der Waals surface area contributed by atoms with Gasteiger partial charge in [-0.05, 0) is 74.0 Å². The molecule has 5 heteroatoms. The van der Waals surface area contributed by atoms with Gasteiger partial charge in [0.2, 0.25) is 0 Å². The Morgan fingerprint density at radius 1 is 0.849 bits per heavy atom. The first-order valence-corrected chi connectivity index (χ1v) is 21.2. The van der Waals surface area contributed by atoms with Gasteiger partial charge in [0.05, 0.1) is 13.7 Å². The van der Waals surface area contributed by atoms with E-state index in [0.717, 1.165) is 38.4 Å². The summed E-state index contributed by atoms with van der Waals surface area (Å²) in [5.41, 5.74) is 4.95. The molecule has 0 unspecified atom stereocenters. The van der Waals surface area contributed by atoms with Crippen LogP contribution in [0.2, 0.25) is 19.6 Å². The zero-order valence-electron chi connectivity index (χ0n) is 37.5. The third-order valence-electron chi connectivity index (χ3n) is 9.18. The van der Waals surface area contributed by atoms with Gasteiger partial charge < -0.3 is 14.4 Å². The number of fused-ring (bicyclic) bond motifs is 6. The molecule has 1 radical (unpaired) electrons. The summed E-state index contributed by atoms with van der Waals surface area (Å²) in [5.74, 6) is -0.609. The van der Waals surface area contributed by atoms with E-state index in [1.165, 1.54) is 11.3 Å². The first kappa shape index (κ1) is 31.0. The van der Waals surface area contributed by atoms with Crippen molar-refractivity contribution in [3.05, 3.63) is 138 Å². The van der Waals surface area contributed by atoms with Crippen LogP contribution in [-0.4, -0.2) is 18.0 Å². The molecule has 0 N–H and O–H groups in total. The fourth-order valence-corrected chi connectivity index (χ4v) is 8.34. The van der Waals surface area contributed by atoms with Crippen LogP contribution in [0.25, 0.3) is 66.0 Å². The molecule has 3 aromatic heterocycles. The predicted molar refractivity (Wildman–Crippen MR) is 224 cm³/mol. The van der Waals surface area contributed by atoms with Gasteiger partial charge in [-0.2, -0.15) is 0 Å². The van der Waals surface area contributed by atoms with E-state index in [2.05, 4.69) is 66.0 Å². The molecular weight excluding hydrogens is 841 g/mol. The SMILES string of the molecule is [2H]C(C)(C)c1cc(-c2[c-]cccc2)ncc1[Si](C)(C)C.[2H]C([2H])([2H])c1c[c-]c(-c2cc(C([2H])([2H])C(C)(C)C)ccn2)c2oc3cc4c(ccc5ccccc54)cc3c12.[Ir]. The number of aryl methyl sites for hydroxylation is 1. The molecule has 0 fully saturated rings. The van der Waals surface area contributed by atoms with E-state index in [0.29, 0.717) is 38.8 Å². The molecule has 0 amide bonds. The van der Waals surface area contributed by atoms with Crippen molar-refractivity contribution in [2.75, 3.05) is 0 Å². The molecule has 0 aliphatic heterocycles. The van der Waals surface area contributed by atoms with E-state index in [-0.39, 0.29) is 25.7 Å². The van der Waals surface area contributed by atoms with Gasteiger partial charge in [0.15, 0.2) is 0 Å². The van der Waals surface area contributed by atoms with Crippen molar-refractivity contribution < 1.29 is 32.7 Å². The number of hydrogen-bond acceptors (Lipinski definition) is 3. The Kier molecular flexibility index (Phi) is 8.85. The van der Waals surface area contributed by atoms with Gasteiger partial charge in [0, 0.05) is 46.1 Å². The average Bonchev–Trinajstić information content (AvgIpc) is 3.54. The van der Waals surface area contributed by atoms with E-state index >= 15 is 0 Å². The van der Waals surface area contributed by atoms with Crippen molar-refractivity contribution >= 4 is 56.7 Å². The van der Waals surface area contributed by atoms with Crippen LogP contribution in [-0.2, 0) is 26.5 Å². The van der Waals surface area contributed by atoms with Gasteiger partial charge >= 0.3 is 0 Å². The van der Waals surface area contributed by atoms with Crippen LogP contribution in [0.1, 0.15) is 65.4 Å². The summed E-state index contributed by atoms with van der Waals surface area (Å²) in [6, 6.07) is 37.3. The molecule has 8 rings (SSSR count). The second-order valence-electron chi connectivity index (χ2n) is 15.7. The van der Waals surface area contributed by atoms with Gasteiger partial charge in [0.25, 0.3) is 0 Å².